The Kier molecular flexibility index (Phi) is 5.25. The van der Waals surface area contributed by atoms with E-state index in [1.165, 1.54) is 43.6 Å². The summed E-state index contributed by atoms with van der Waals surface area (Å²) in [6, 6.07) is 8.79. The van der Waals surface area contributed by atoms with E-state index in [4.69, 9.17) is 0 Å². The maximum atomic E-state index is 11.1. The second kappa shape index (κ2) is 7.17. The molecule has 0 spiro atoms. The third-order valence-electron chi connectivity index (χ3n) is 3.71. The maximum absolute atomic E-state index is 11.1. The van der Waals surface area contributed by atoms with Crippen molar-refractivity contribution in [3.8, 4) is 0 Å². The van der Waals surface area contributed by atoms with E-state index < -0.39 is 0 Å². The number of nitrogens with one attached hydrogen (secondary N) is 1. The summed E-state index contributed by atoms with van der Waals surface area (Å²) in [5.41, 5.74) is 2.62. The minimum Gasteiger partial charge on any atom is -0.372 e. The highest BCUT2D eigenvalue weighted by molar-refractivity contribution is 5.75. The Morgan fingerprint density at radius 1 is 1.16 bits per heavy atom. The van der Waals surface area contributed by atoms with Crippen LogP contribution in [0.5, 0.6) is 0 Å². The van der Waals surface area contributed by atoms with E-state index in [9.17, 15) is 4.79 Å². The van der Waals surface area contributed by atoms with Gasteiger partial charge < -0.3 is 10.2 Å². The molecule has 1 aliphatic heterocycles. The summed E-state index contributed by atoms with van der Waals surface area (Å²) in [5.74, 6) is 0.130. The lowest BCUT2D eigenvalue weighted by Crippen LogP contribution is -2.29. The van der Waals surface area contributed by atoms with Crippen molar-refractivity contribution in [2.45, 2.75) is 39.0 Å². The fourth-order valence-corrected chi connectivity index (χ4v) is 2.50. The molecule has 1 fully saturated rings. The molecule has 1 saturated heterocycles. The molecule has 0 radical (unpaired) electrons. The van der Waals surface area contributed by atoms with E-state index in [0.717, 1.165) is 13.0 Å². The lowest BCUT2D eigenvalue weighted by molar-refractivity contribution is -0.120. The normalized spacial score (nSPS) is 15.3. The van der Waals surface area contributed by atoms with Gasteiger partial charge in [-0.25, -0.2) is 0 Å². The Bertz CT molecular complexity index is 394. The van der Waals surface area contributed by atoms with Crippen LogP contribution >= 0.6 is 0 Å². The molecule has 1 aromatic rings. The number of hydrogen-bond donors (Lipinski definition) is 1. The van der Waals surface area contributed by atoms with Gasteiger partial charge in [-0.2, -0.15) is 0 Å². The Balaban J connectivity index is 1.82. The van der Waals surface area contributed by atoms with Crippen molar-refractivity contribution in [1.29, 1.82) is 0 Å². The number of anilines is 1. The quantitative estimate of drug-likeness (QED) is 0.883. The Morgan fingerprint density at radius 3 is 2.47 bits per heavy atom. The first-order valence-electron chi connectivity index (χ1n) is 7.40. The van der Waals surface area contributed by atoms with Gasteiger partial charge in [0, 0.05) is 31.7 Å². The summed E-state index contributed by atoms with van der Waals surface area (Å²) in [7, 11) is 0. The zero-order valence-corrected chi connectivity index (χ0v) is 11.8. The monoisotopic (exact) mass is 260 g/mol. The molecule has 1 aliphatic rings. The first-order valence-corrected chi connectivity index (χ1v) is 7.40. The zero-order chi connectivity index (χ0) is 13.5. The molecule has 104 valence electrons. The topological polar surface area (TPSA) is 32.3 Å². The van der Waals surface area contributed by atoms with Gasteiger partial charge in [-0.05, 0) is 43.4 Å². The number of amides is 1. The predicted molar refractivity (Wildman–Crippen MR) is 79.5 cm³/mol. The van der Waals surface area contributed by atoms with Crippen molar-refractivity contribution < 1.29 is 4.79 Å². The van der Waals surface area contributed by atoms with Crippen molar-refractivity contribution in [1.82, 2.24) is 5.32 Å². The van der Waals surface area contributed by atoms with Crippen LogP contribution in [0.3, 0.4) is 0 Å². The van der Waals surface area contributed by atoms with Crippen LogP contribution in [0.15, 0.2) is 24.3 Å². The number of hydrogen-bond acceptors (Lipinski definition) is 2. The third kappa shape index (κ3) is 4.27. The minimum atomic E-state index is 0.130. The van der Waals surface area contributed by atoms with Crippen LogP contribution < -0.4 is 10.2 Å². The van der Waals surface area contributed by atoms with Gasteiger partial charge in [0.25, 0.3) is 0 Å². The van der Waals surface area contributed by atoms with Crippen LogP contribution in [0, 0.1) is 0 Å². The second-order valence-electron chi connectivity index (χ2n) is 5.17. The number of rotatable bonds is 5. The van der Waals surface area contributed by atoms with Gasteiger partial charge in [-0.3, -0.25) is 4.79 Å². The summed E-state index contributed by atoms with van der Waals surface area (Å²) in [6.07, 6.45) is 5.46. The standard InChI is InChI=1S/C16H24N2O/c1-2-16(19)17-11-10-14-6-8-15(9-7-14)18-12-4-3-5-13-18/h6-9H,2-5,10-13H2,1H3,(H,17,19). The molecule has 3 heteroatoms. The number of carbonyl (C=O) groups excluding carboxylic acids is 1. The van der Waals surface area contributed by atoms with Gasteiger partial charge in [0.1, 0.15) is 0 Å². The molecule has 0 bridgehead atoms. The fourth-order valence-electron chi connectivity index (χ4n) is 2.50. The van der Waals surface area contributed by atoms with E-state index in [1.54, 1.807) is 0 Å². The summed E-state index contributed by atoms with van der Waals surface area (Å²) in [5, 5.41) is 2.91. The molecular formula is C16H24N2O. The second-order valence-corrected chi connectivity index (χ2v) is 5.17. The molecule has 0 unspecified atom stereocenters. The smallest absolute Gasteiger partial charge is 0.219 e. The molecule has 0 saturated carbocycles. The fraction of sp³-hybridized carbons (Fsp3) is 0.562. The van der Waals surface area contributed by atoms with E-state index in [2.05, 4.69) is 34.5 Å². The van der Waals surface area contributed by atoms with Crippen LogP contribution in [0.2, 0.25) is 0 Å². The molecule has 1 amide bonds. The van der Waals surface area contributed by atoms with Gasteiger partial charge in [-0.15, -0.1) is 0 Å². The molecule has 0 aromatic heterocycles. The molecule has 1 heterocycles. The highest BCUT2D eigenvalue weighted by Gasteiger charge is 2.10. The Morgan fingerprint density at radius 2 is 1.84 bits per heavy atom. The molecule has 2 rings (SSSR count). The van der Waals surface area contributed by atoms with Crippen LogP contribution in [0.25, 0.3) is 0 Å². The number of carbonyl (C=O) groups is 1. The predicted octanol–water partition coefficient (Wildman–Crippen LogP) is 2.75. The molecule has 1 N–H and O–H groups in total. The highest BCUT2D eigenvalue weighted by atomic mass is 16.1. The van der Waals surface area contributed by atoms with Crippen molar-refractivity contribution in [3.05, 3.63) is 29.8 Å². The summed E-state index contributed by atoms with van der Waals surface area (Å²) < 4.78 is 0. The van der Waals surface area contributed by atoms with Crippen LogP contribution in [-0.2, 0) is 11.2 Å². The van der Waals surface area contributed by atoms with Crippen LogP contribution in [-0.4, -0.2) is 25.5 Å². The number of benzene rings is 1. The van der Waals surface area contributed by atoms with E-state index in [0.29, 0.717) is 6.42 Å². The lowest BCUT2D eigenvalue weighted by Gasteiger charge is -2.28. The molecule has 3 nitrogen and oxygen atoms in total. The van der Waals surface area contributed by atoms with Crippen LogP contribution in [0.4, 0.5) is 5.69 Å². The maximum Gasteiger partial charge on any atom is 0.219 e. The summed E-state index contributed by atoms with van der Waals surface area (Å²) in [4.78, 5) is 13.6. The van der Waals surface area contributed by atoms with Crippen molar-refractivity contribution in [3.63, 3.8) is 0 Å². The summed E-state index contributed by atoms with van der Waals surface area (Å²) >= 11 is 0. The lowest BCUT2D eigenvalue weighted by atomic mass is 10.1. The average molecular weight is 260 g/mol. The van der Waals surface area contributed by atoms with Gasteiger partial charge in [0.2, 0.25) is 5.91 Å². The van der Waals surface area contributed by atoms with Gasteiger partial charge in [-0.1, -0.05) is 19.1 Å². The SMILES string of the molecule is CCC(=O)NCCc1ccc(N2CCCCC2)cc1. The zero-order valence-electron chi connectivity index (χ0n) is 11.8. The molecule has 19 heavy (non-hydrogen) atoms. The van der Waals surface area contributed by atoms with Gasteiger partial charge in [0.15, 0.2) is 0 Å². The van der Waals surface area contributed by atoms with E-state index in [1.807, 2.05) is 6.92 Å². The largest absolute Gasteiger partial charge is 0.372 e. The van der Waals surface area contributed by atoms with Crippen molar-refractivity contribution in [2.75, 3.05) is 24.5 Å². The van der Waals surface area contributed by atoms with Gasteiger partial charge >= 0.3 is 0 Å². The van der Waals surface area contributed by atoms with E-state index >= 15 is 0 Å². The third-order valence-corrected chi connectivity index (χ3v) is 3.71. The molecule has 0 atom stereocenters. The van der Waals surface area contributed by atoms with Crippen molar-refractivity contribution in [2.24, 2.45) is 0 Å². The first kappa shape index (κ1) is 13.9. The average Bonchev–Trinajstić information content (AvgIpc) is 2.48. The highest BCUT2D eigenvalue weighted by Crippen LogP contribution is 2.20. The number of piperidine rings is 1. The Hall–Kier alpha value is -1.51. The van der Waals surface area contributed by atoms with Crippen molar-refractivity contribution >= 4 is 11.6 Å². The number of nitrogens with zero attached hydrogens (tertiary/aromatic N) is 1. The molecule has 0 aliphatic carbocycles. The minimum absolute atomic E-state index is 0.130. The molecular weight excluding hydrogens is 236 g/mol. The first-order chi connectivity index (χ1) is 9.29. The summed E-state index contributed by atoms with van der Waals surface area (Å²) in [6.45, 7) is 4.98. The molecule has 1 aromatic carbocycles. The van der Waals surface area contributed by atoms with E-state index in [-0.39, 0.29) is 5.91 Å². The van der Waals surface area contributed by atoms with Gasteiger partial charge in [0.05, 0.1) is 0 Å². The van der Waals surface area contributed by atoms with Crippen LogP contribution in [0.1, 0.15) is 38.2 Å². The Labute approximate surface area is 116 Å².